The van der Waals surface area contributed by atoms with Crippen LogP contribution in [0, 0.1) is 0 Å². The first-order chi connectivity index (χ1) is 10.4. The zero-order chi connectivity index (χ0) is 16.2. The van der Waals surface area contributed by atoms with E-state index in [0.717, 1.165) is 18.3 Å². The van der Waals surface area contributed by atoms with Gasteiger partial charge in [0.25, 0.3) is 5.91 Å². The number of para-hydroxylation sites is 1. The number of alkyl halides is 3. The van der Waals surface area contributed by atoms with Crippen LogP contribution in [0.25, 0.3) is 0 Å². The SMILES string of the molecule is COc1ccccc1C(=O)NNc1cc(C(F)(F)F)ccn1. The van der Waals surface area contributed by atoms with Crippen molar-refractivity contribution in [1.82, 2.24) is 10.4 Å². The molecular weight excluding hydrogens is 299 g/mol. The summed E-state index contributed by atoms with van der Waals surface area (Å²) >= 11 is 0. The van der Waals surface area contributed by atoms with E-state index in [9.17, 15) is 18.0 Å². The minimum atomic E-state index is -4.48. The van der Waals surface area contributed by atoms with Gasteiger partial charge in [-0.1, -0.05) is 12.1 Å². The number of aromatic nitrogens is 1. The maximum absolute atomic E-state index is 12.6. The van der Waals surface area contributed by atoms with Crippen molar-refractivity contribution < 1.29 is 22.7 Å². The standard InChI is InChI=1S/C14H12F3N3O2/c1-22-11-5-3-2-4-10(11)13(21)20-19-12-8-9(6-7-18-12)14(15,16)17/h2-8H,1H3,(H,18,19)(H,20,21). The molecule has 0 saturated carbocycles. The Labute approximate surface area is 124 Å². The second kappa shape index (κ2) is 6.33. The number of hydrogen-bond donors (Lipinski definition) is 2. The van der Waals surface area contributed by atoms with E-state index in [1.54, 1.807) is 18.2 Å². The number of nitrogens with one attached hydrogen (secondary N) is 2. The first kappa shape index (κ1) is 15.6. The van der Waals surface area contributed by atoms with Gasteiger partial charge in [-0.15, -0.1) is 0 Å². The molecule has 0 aliphatic rings. The number of carbonyl (C=O) groups is 1. The summed E-state index contributed by atoms with van der Waals surface area (Å²) in [4.78, 5) is 15.7. The lowest BCUT2D eigenvalue weighted by Gasteiger charge is -2.12. The quantitative estimate of drug-likeness (QED) is 0.852. The smallest absolute Gasteiger partial charge is 0.416 e. The third-order valence-electron chi connectivity index (χ3n) is 2.74. The monoisotopic (exact) mass is 311 g/mol. The Balaban J connectivity index is 2.08. The molecule has 0 aliphatic heterocycles. The van der Waals surface area contributed by atoms with Gasteiger partial charge in [0.05, 0.1) is 18.2 Å². The Kier molecular flexibility index (Phi) is 4.50. The number of carbonyl (C=O) groups excluding carboxylic acids is 1. The molecule has 0 atom stereocenters. The van der Waals surface area contributed by atoms with Crippen LogP contribution in [0.2, 0.25) is 0 Å². The van der Waals surface area contributed by atoms with Gasteiger partial charge in [-0.05, 0) is 24.3 Å². The van der Waals surface area contributed by atoms with Gasteiger partial charge in [0, 0.05) is 6.20 Å². The molecule has 8 heteroatoms. The van der Waals surface area contributed by atoms with E-state index in [-0.39, 0.29) is 11.4 Å². The van der Waals surface area contributed by atoms with Crippen LogP contribution >= 0.6 is 0 Å². The molecule has 2 N–H and O–H groups in total. The summed E-state index contributed by atoms with van der Waals surface area (Å²) in [5.74, 6) is -0.339. The molecule has 0 radical (unpaired) electrons. The molecule has 1 aromatic carbocycles. The van der Waals surface area contributed by atoms with Gasteiger partial charge in [0.1, 0.15) is 11.6 Å². The summed E-state index contributed by atoms with van der Waals surface area (Å²) in [6, 6.07) is 8.08. The molecule has 1 amide bonds. The number of pyridine rings is 1. The van der Waals surface area contributed by atoms with E-state index in [0.29, 0.717) is 5.75 Å². The maximum atomic E-state index is 12.6. The van der Waals surface area contributed by atoms with E-state index < -0.39 is 17.6 Å². The maximum Gasteiger partial charge on any atom is 0.416 e. The number of amides is 1. The lowest BCUT2D eigenvalue weighted by molar-refractivity contribution is -0.137. The molecule has 0 aliphatic carbocycles. The van der Waals surface area contributed by atoms with Gasteiger partial charge in [-0.2, -0.15) is 13.2 Å². The van der Waals surface area contributed by atoms with Crippen LogP contribution in [0.1, 0.15) is 15.9 Å². The number of benzene rings is 1. The topological polar surface area (TPSA) is 63.2 Å². The van der Waals surface area contributed by atoms with Gasteiger partial charge in [0.2, 0.25) is 0 Å². The number of nitrogens with zero attached hydrogens (tertiary/aromatic N) is 1. The van der Waals surface area contributed by atoms with Gasteiger partial charge in [-0.3, -0.25) is 15.6 Å². The number of anilines is 1. The minimum absolute atomic E-state index is 0.127. The molecule has 0 saturated heterocycles. The molecule has 116 valence electrons. The van der Waals surface area contributed by atoms with Crippen molar-refractivity contribution in [2.75, 3.05) is 12.5 Å². The van der Waals surface area contributed by atoms with Crippen molar-refractivity contribution in [1.29, 1.82) is 0 Å². The number of ether oxygens (including phenoxy) is 1. The Morgan fingerprint density at radius 2 is 1.95 bits per heavy atom. The zero-order valence-electron chi connectivity index (χ0n) is 11.4. The number of hydrazine groups is 1. The Morgan fingerprint density at radius 1 is 1.23 bits per heavy atom. The van der Waals surface area contributed by atoms with Crippen molar-refractivity contribution in [2.45, 2.75) is 6.18 Å². The highest BCUT2D eigenvalue weighted by atomic mass is 19.4. The summed E-state index contributed by atoms with van der Waals surface area (Å²) in [6.45, 7) is 0. The highest BCUT2D eigenvalue weighted by Gasteiger charge is 2.30. The number of rotatable bonds is 4. The van der Waals surface area contributed by atoms with Crippen molar-refractivity contribution in [3.8, 4) is 5.75 Å². The normalized spacial score (nSPS) is 10.9. The van der Waals surface area contributed by atoms with Crippen molar-refractivity contribution in [2.24, 2.45) is 0 Å². The molecule has 2 aromatic rings. The predicted molar refractivity (Wildman–Crippen MR) is 73.3 cm³/mol. The van der Waals surface area contributed by atoms with Crippen LogP contribution in [0.5, 0.6) is 5.75 Å². The fraction of sp³-hybridized carbons (Fsp3) is 0.143. The van der Waals surface area contributed by atoms with Crippen LogP contribution in [0.3, 0.4) is 0 Å². The highest BCUT2D eigenvalue weighted by Crippen LogP contribution is 2.29. The van der Waals surface area contributed by atoms with Crippen LogP contribution in [-0.2, 0) is 6.18 Å². The summed E-state index contributed by atoms with van der Waals surface area (Å²) < 4.78 is 42.7. The van der Waals surface area contributed by atoms with E-state index in [2.05, 4.69) is 15.8 Å². The predicted octanol–water partition coefficient (Wildman–Crippen LogP) is 2.87. The van der Waals surface area contributed by atoms with Crippen LogP contribution < -0.4 is 15.6 Å². The Bertz CT molecular complexity index is 674. The molecule has 0 unspecified atom stereocenters. The van der Waals surface area contributed by atoms with E-state index in [1.807, 2.05) is 0 Å². The molecule has 2 rings (SSSR count). The van der Waals surface area contributed by atoms with Crippen LogP contribution in [0.4, 0.5) is 19.0 Å². The third-order valence-corrected chi connectivity index (χ3v) is 2.74. The largest absolute Gasteiger partial charge is 0.496 e. The zero-order valence-corrected chi connectivity index (χ0v) is 11.4. The summed E-state index contributed by atoms with van der Waals surface area (Å²) in [5, 5.41) is 0. The second-order valence-corrected chi connectivity index (χ2v) is 4.21. The van der Waals surface area contributed by atoms with E-state index in [4.69, 9.17) is 4.74 Å². The molecule has 1 heterocycles. The molecule has 0 fully saturated rings. The Hall–Kier alpha value is -2.77. The van der Waals surface area contributed by atoms with Crippen molar-refractivity contribution in [3.63, 3.8) is 0 Å². The van der Waals surface area contributed by atoms with E-state index >= 15 is 0 Å². The molecule has 5 nitrogen and oxygen atoms in total. The molecule has 1 aromatic heterocycles. The van der Waals surface area contributed by atoms with Crippen molar-refractivity contribution >= 4 is 11.7 Å². The lowest BCUT2D eigenvalue weighted by Crippen LogP contribution is -2.30. The summed E-state index contributed by atoms with van der Waals surface area (Å²) in [7, 11) is 1.41. The van der Waals surface area contributed by atoms with E-state index in [1.165, 1.54) is 13.2 Å². The number of methoxy groups -OCH3 is 1. The first-order valence-corrected chi connectivity index (χ1v) is 6.14. The average Bonchev–Trinajstić information content (AvgIpc) is 2.52. The highest BCUT2D eigenvalue weighted by molar-refractivity contribution is 5.97. The van der Waals surface area contributed by atoms with Crippen molar-refractivity contribution in [3.05, 3.63) is 53.7 Å². The van der Waals surface area contributed by atoms with Gasteiger partial charge in [-0.25, -0.2) is 4.98 Å². The van der Waals surface area contributed by atoms with Gasteiger partial charge < -0.3 is 4.74 Å². The fourth-order valence-corrected chi connectivity index (χ4v) is 1.70. The summed E-state index contributed by atoms with van der Waals surface area (Å²) in [6.07, 6.45) is -3.48. The molecule has 22 heavy (non-hydrogen) atoms. The summed E-state index contributed by atoms with van der Waals surface area (Å²) in [5.41, 5.74) is 3.99. The molecule has 0 spiro atoms. The van der Waals surface area contributed by atoms with Crippen LogP contribution in [-0.4, -0.2) is 18.0 Å². The second-order valence-electron chi connectivity index (χ2n) is 4.21. The number of halogens is 3. The average molecular weight is 311 g/mol. The minimum Gasteiger partial charge on any atom is -0.496 e. The fourth-order valence-electron chi connectivity index (χ4n) is 1.70. The molecule has 0 bridgehead atoms. The Morgan fingerprint density at radius 3 is 2.64 bits per heavy atom. The molecular formula is C14H12F3N3O2. The van der Waals surface area contributed by atoms with Gasteiger partial charge >= 0.3 is 6.18 Å². The number of hydrogen-bond acceptors (Lipinski definition) is 4. The lowest BCUT2D eigenvalue weighted by atomic mass is 10.2. The third kappa shape index (κ3) is 3.66. The van der Waals surface area contributed by atoms with Gasteiger partial charge in [0.15, 0.2) is 0 Å². The first-order valence-electron chi connectivity index (χ1n) is 6.14. The van der Waals surface area contributed by atoms with Crippen LogP contribution in [0.15, 0.2) is 42.6 Å².